The molecule has 6 heteroatoms. The zero-order chi connectivity index (χ0) is 15.4. The number of rotatable bonds is 4. The zero-order valence-electron chi connectivity index (χ0n) is 10.8. The Balaban J connectivity index is 2.04. The van der Waals surface area contributed by atoms with Gasteiger partial charge < -0.3 is 5.32 Å². The molecule has 0 spiro atoms. The van der Waals surface area contributed by atoms with E-state index in [0.29, 0.717) is 28.7 Å². The van der Waals surface area contributed by atoms with Gasteiger partial charge in [0.05, 0.1) is 15.7 Å². The molecule has 2 aromatic carbocycles. The molecule has 0 radical (unpaired) electrons. The quantitative estimate of drug-likeness (QED) is 0.759. The Bertz CT molecular complexity index is 714. The molecule has 108 valence electrons. The molecule has 1 N–H and O–H groups in total. The molecule has 0 fully saturated rings. The summed E-state index contributed by atoms with van der Waals surface area (Å²) in [6.07, 6.45) is 0.632. The Labute approximate surface area is 140 Å². The Hall–Kier alpha value is -1.28. The molecule has 0 aromatic heterocycles. The molecule has 0 heterocycles. The van der Waals surface area contributed by atoms with Crippen molar-refractivity contribution in [3.05, 3.63) is 61.8 Å². The van der Waals surface area contributed by atoms with E-state index < -0.39 is 5.82 Å². The molecular weight excluding hydrogens is 378 g/mol. The van der Waals surface area contributed by atoms with E-state index in [1.165, 1.54) is 0 Å². The standard InChI is InChI=1S/C15H10BrCl2FN2/c16-14-10(8-20)2-4-13(15(14)19)21-6-5-9-1-3-11(17)7-12(9)18/h1-4,7,21H,5-6H2. The molecule has 0 saturated carbocycles. The van der Waals surface area contributed by atoms with E-state index in [1.54, 1.807) is 24.3 Å². The number of nitrogens with zero attached hydrogens (tertiary/aromatic N) is 1. The van der Waals surface area contributed by atoms with Crippen LogP contribution in [0.15, 0.2) is 34.8 Å². The maximum atomic E-state index is 14.0. The van der Waals surface area contributed by atoms with E-state index in [2.05, 4.69) is 21.2 Å². The number of nitrogens with one attached hydrogen (secondary N) is 1. The van der Waals surface area contributed by atoms with Crippen LogP contribution >= 0.6 is 39.1 Å². The number of hydrogen-bond acceptors (Lipinski definition) is 2. The molecule has 0 saturated heterocycles. The van der Waals surface area contributed by atoms with Gasteiger partial charge in [0.1, 0.15) is 6.07 Å². The van der Waals surface area contributed by atoms with E-state index in [0.717, 1.165) is 5.56 Å². The second kappa shape index (κ2) is 7.13. The van der Waals surface area contributed by atoms with E-state index in [-0.39, 0.29) is 10.0 Å². The van der Waals surface area contributed by atoms with Crippen molar-refractivity contribution >= 4 is 44.8 Å². The van der Waals surface area contributed by atoms with Crippen LogP contribution in [0.5, 0.6) is 0 Å². The second-order valence-electron chi connectivity index (χ2n) is 4.31. The lowest BCUT2D eigenvalue weighted by molar-refractivity contribution is 0.623. The average molecular weight is 388 g/mol. The van der Waals surface area contributed by atoms with Gasteiger partial charge in [0.25, 0.3) is 0 Å². The summed E-state index contributed by atoms with van der Waals surface area (Å²) in [5, 5.41) is 13.0. The lowest BCUT2D eigenvalue weighted by Crippen LogP contribution is -2.07. The first kappa shape index (κ1) is 16.1. The van der Waals surface area contributed by atoms with Crippen LogP contribution in [0.1, 0.15) is 11.1 Å². The van der Waals surface area contributed by atoms with Gasteiger partial charge in [-0.1, -0.05) is 29.3 Å². The van der Waals surface area contributed by atoms with Crippen molar-refractivity contribution in [2.75, 3.05) is 11.9 Å². The Morgan fingerprint density at radius 1 is 1.24 bits per heavy atom. The van der Waals surface area contributed by atoms with Crippen molar-refractivity contribution in [2.45, 2.75) is 6.42 Å². The lowest BCUT2D eigenvalue weighted by atomic mass is 10.1. The lowest BCUT2D eigenvalue weighted by Gasteiger charge is -2.10. The fourth-order valence-corrected chi connectivity index (χ4v) is 2.77. The van der Waals surface area contributed by atoms with Crippen molar-refractivity contribution in [3.63, 3.8) is 0 Å². The highest BCUT2D eigenvalue weighted by atomic mass is 79.9. The van der Waals surface area contributed by atoms with E-state index in [1.807, 2.05) is 12.1 Å². The highest BCUT2D eigenvalue weighted by Crippen LogP contribution is 2.27. The summed E-state index contributed by atoms with van der Waals surface area (Å²) in [6, 6.07) is 10.3. The number of halogens is 4. The largest absolute Gasteiger partial charge is 0.382 e. The molecule has 0 amide bonds. The van der Waals surface area contributed by atoms with Gasteiger partial charge in [-0.3, -0.25) is 0 Å². The fourth-order valence-electron chi connectivity index (χ4n) is 1.83. The Morgan fingerprint density at radius 2 is 2.00 bits per heavy atom. The van der Waals surface area contributed by atoms with Crippen LogP contribution in [0.2, 0.25) is 10.0 Å². The highest BCUT2D eigenvalue weighted by Gasteiger charge is 2.10. The summed E-state index contributed by atoms with van der Waals surface area (Å²) >= 11 is 15.0. The molecule has 0 unspecified atom stereocenters. The number of anilines is 1. The molecule has 0 bridgehead atoms. The predicted molar refractivity (Wildman–Crippen MR) is 87.5 cm³/mol. The Kier molecular flexibility index (Phi) is 5.46. The van der Waals surface area contributed by atoms with Crippen LogP contribution in [-0.2, 0) is 6.42 Å². The van der Waals surface area contributed by atoms with Crippen molar-refractivity contribution in [2.24, 2.45) is 0 Å². The van der Waals surface area contributed by atoms with Crippen molar-refractivity contribution in [3.8, 4) is 6.07 Å². The summed E-state index contributed by atoms with van der Waals surface area (Å²) in [5.74, 6) is -0.476. The third-order valence-electron chi connectivity index (χ3n) is 2.93. The summed E-state index contributed by atoms with van der Waals surface area (Å²) in [4.78, 5) is 0. The second-order valence-corrected chi connectivity index (χ2v) is 5.95. The molecule has 2 aromatic rings. The maximum Gasteiger partial charge on any atom is 0.161 e. The first-order valence-electron chi connectivity index (χ1n) is 6.09. The molecule has 2 nitrogen and oxygen atoms in total. The summed E-state index contributed by atoms with van der Waals surface area (Å²) < 4.78 is 14.2. The monoisotopic (exact) mass is 386 g/mol. The SMILES string of the molecule is N#Cc1ccc(NCCc2ccc(Cl)cc2Cl)c(F)c1Br. The third-order valence-corrected chi connectivity index (χ3v) is 4.29. The first-order valence-corrected chi connectivity index (χ1v) is 7.63. The topological polar surface area (TPSA) is 35.8 Å². The van der Waals surface area contributed by atoms with Gasteiger partial charge in [-0.25, -0.2) is 4.39 Å². The average Bonchev–Trinajstić information content (AvgIpc) is 2.46. The fraction of sp³-hybridized carbons (Fsp3) is 0.133. The normalized spacial score (nSPS) is 10.2. The number of benzene rings is 2. The van der Waals surface area contributed by atoms with Gasteiger partial charge in [-0.05, 0) is 52.2 Å². The maximum absolute atomic E-state index is 14.0. The highest BCUT2D eigenvalue weighted by molar-refractivity contribution is 9.10. The molecule has 2 rings (SSSR count). The molecule has 0 aliphatic rings. The van der Waals surface area contributed by atoms with Gasteiger partial charge in [-0.2, -0.15) is 5.26 Å². The van der Waals surface area contributed by atoms with Gasteiger partial charge in [0.2, 0.25) is 0 Å². The first-order chi connectivity index (χ1) is 10.0. The molecule has 21 heavy (non-hydrogen) atoms. The van der Waals surface area contributed by atoms with Crippen LogP contribution in [0.3, 0.4) is 0 Å². The van der Waals surface area contributed by atoms with Crippen molar-refractivity contribution in [1.82, 2.24) is 0 Å². The van der Waals surface area contributed by atoms with Crippen LogP contribution < -0.4 is 5.32 Å². The minimum absolute atomic E-state index is 0.166. The van der Waals surface area contributed by atoms with E-state index in [9.17, 15) is 4.39 Å². The molecule has 0 aliphatic heterocycles. The summed E-state index contributed by atoms with van der Waals surface area (Å²) in [5.41, 5.74) is 1.53. The van der Waals surface area contributed by atoms with Crippen LogP contribution in [0, 0.1) is 17.1 Å². The van der Waals surface area contributed by atoms with E-state index in [4.69, 9.17) is 28.5 Å². The van der Waals surface area contributed by atoms with Crippen LogP contribution in [-0.4, -0.2) is 6.54 Å². The Morgan fingerprint density at radius 3 is 2.67 bits per heavy atom. The van der Waals surface area contributed by atoms with Gasteiger partial charge >= 0.3 is 0 Å². The van der Waals surface area contributed by atoms with Crippen LogP contribution in [0.4, 0.5) is 10.1 Å². The van der Waals surface area contributed by atoms with Crippen LogP contribution in [0.25, 0.3) is 0 Å². The summed E-state index contributed by atoms with van der Waals surface area (Å²) in [6.45, 7) is 0.511. The van der Waals surface area contributed by atoms with Gasteiger partial charge in [0.15, 0.2) is 5.82 Å². The number of hydrogen-bond donors (Lipinski definition) is 1. The molecular formula is C15H10BrCl2FN2. The molecule has 0 aliphatic carbocycles. The van der Waals surface area contributed by atoms with Crippen molar-refractivity contribution in [1.29, 1.82) is 5.26 Å². The minimum atomic E-state index is -0.476. The van der Waals surface area contributed by atoms with E-state index >= 15 is 0 Å². The zero-order valence-corrected chi connectivity index (χ0v) is 13.9. The van der Waals surface area contributed by atoms with Gasteiger partial charge in [-0.15, -0.1) is 0 Å². The predicted octanol–water partition coefficient (Wildman–Crippen LogP) is 5.42. The van der Waals surface area contributed by atoms with Crippen molar-refractivity contribution < 1.29 is 4.39 Å². The third kappa shape index (κ3) is 3.88. The minimum Gasteiger partial charge on any atom is -0.382 e. The van der Waals surface area contributed by atoms with Gasteiger partial charge in [0, 0.05) is 16.6 Å². The number of nitriles is 1. The molecule has 0 atom stereocenters. The smallest absolute Gasteiger partial charge is 0.161 e. The summed E-state index contributed by atoms with van der Waals surface area (Å²) in [7, 11) is 0.